The van der Waals surface area contributed by atoms with E-state index in [0.717, 1.165) is 31.1 Å². The molecule has 2 aliphatic heterocycles. The molecule has 0 spiro atoms. The Balaban J connectivity index is 1.26. The number of amides is 2. The largest absolute Gasteiger partial charge is 0.497 e. The summed E-state index contributed by atoms with van der Waals surface area (Å²) in [4.78, 5) is 31.5. The van der Waals surface area contributed by atoms with Gasteiger partial charge in [0.1, 0.15) is 5.75 Å². The van der Waals surface area contributed by atoms with Gasteiger partial charge in [-0.3, -0.25) is 14.5 Å². The van der Waals surface area contributed by atoms with Gasteiger partial charge in [0.15, 0.2) is 0 Å². The molecule has 31 heavy (non-hydrogen) atoms. The van der Waals surface area contributed by atoms with E-state index in [1.165, 1.54) is 5.56 Å². The van der Waals surface area contributed by atoms with Crippen molar-refractivity contribution in [2.24, 2.45) is 5.92 Å². The number of methoxy groups -OCH3 is 1. The molecule has 2 aliphatic rings. The van der Waals surface area contributed by atoms with E-state index < -0.39 is 0 Å². The number of benzene rings is 2. The van der Waals surface area contributed by atoms with Gasteiger partial charge in [-0.25, -0.2) is 0 Å². The van der Waals surface area contributed by atoms with E-state index in [1.807, 2.05) is 47.4 Å². The maximum absolute atomic E-state index is 13.0. The van der Waals surface area contributed by atoms with Crippen molar-refractivity contribution in [3.05, 3.63) is 66.2 Å². The SMILES string of the molecule is COc1ccc(N2CC(C(=O)N3CCN(CC=Cc4ccccc4)CC3)CC2=O)cc1. The van der Waals surface area contributed by atoms with Gasteiger partial charge in [0.2, 0.25) is 11.8 Å². The van der Waals surface area contributed by atoms with Crippen LogP contribution in [0.5, 0.6) is 5.75 Å². The number of rotatable bonds is 6. The predicted octanol–water partition coefficient (Wildman–Crippen LogP) is 2.91. The topological polar surface area (TPSA) is 53.1 Å². The summed E-state index contributed by atoms with van der Waals surface area (Å²) in [5, 5.41) is 0. The molecule has 2 saturated heterocycles. The van der Waals surface area contributed by atoms with Gasteiger partial charge in [-0.15, -0.1) is 0 Å². The van der Waals surface area contributed by atoms with Gasteiger partial charge >= 0.3 is 0 Å². The highest BCUT2D eigenvalue weighted by molar-refractivity contribution is 6.00. The van der Waals surface area contributed by atoms with E-state index in [4.69, 9.17) is 4.74 Å². The number of piperazine rings is 1. The van der Waals surface area contributed by atoms with Crippen molar-refractivity contribution in [1.29, 1.82) is 0 Å². The third-order valence-corrected chi connectivity index (χ3v) is 6.02. The first-order valence-corrected chi connectivity index (χ1v) is 10.8. The standard InChI is InChI=1S/C25H29N3O3/c1-31-23-11-9-22(10-12-23)28-19-21(18-24(28)29)25(30)27-16-14-26(15-17-27)13-5-8-20-6-3-2-4-7-20/h2-12,21H,13-19H2,1H3. The van der Waals surface area contributed by atoms with Gasteiger partial charge in [0.05, 0.1) is 13.0 Å². The van der Waals surface area contributed by atoms with Gasteiger partial charge in [0.25, 0.3) is 0 Å². The number of ether oxygens (including phenoxy) is 1. The molecule has 0 N–H and O–H groups in total. The van der Waals surface area contributed by atoms with Crippen molar-refractivity contribution in [3.8, 4) is 5.75 Å². The summed E-state index contributed by atoms with van der Waals surface area (Å²) in [7, 11) is 1.62. The molecule has 6 heteroatoms. The first-order valence-electron chi connectivity index (χ1n) is 10.8. The van der Waals surface area contributed by atoms with Gasteiger partial charge in [0, 0.05) is 51.4 Å². The second-order valence-electron chi connectivity index (χ2n) is 8.04. The van der Waals surface area contributed by atoms with Crippen molar-refractivity contribution in [2.45, 2.75) is 6.42 Å². The molecule has 0 aliphatic carbocycles. The van der Waals surface area contributed by atoms with Crippen LogP contribution in [0.15, 0.2) is 60.7 Å². The Kier molecular flexibility index (Phi) is 6.67. The Morgan fingerprint density at radius 3 is 2.42 bits per heavy atom. The van der Waals surface area contributed by atoms with Gasteiger partial charge in [-0.2, -0.15) is 0 Å². The normalized spacial score (nSPS) is 19.9. The molecular formula is C25H29N3O3. The third-order valence-electron chi connectivity index (χ3n) is 6.02. The zero-order valence-corrected chi connectivity index (χ0v) is 17.9. The summed E-state index contributed by atoms with van der Waals surface area (Å²) >= 11 is 0. The number of carbonyl (C=O) groups excluding carboxylic acids is 2. The summed E-state index contributed by atoms with van der Waals surface area (Å²) in [6.45, 7) is 4.46. The zero-order chi connectivity index (χ0) is 21.6. The monoisotopic (exact) mass is 419 g/mol. The number of nitrogens with zero attached hydrogens (tertiary/aromatic N) is 3. The van der Waals surface area contributed by atoms with Crippen LogP contribution in [0, 0.1) is 5.92 Å². The molecule has 0 radical (unpaired) electrons. The predicted molar refractivity (Wildman–Crippen MR) is 122 cm³/mol. The Morgan fingerprint density at radius 1 is 1.03 bits per heavy atom. The van der Waals surface area contributed by atoms with Gasteiger partial charge in [-0.05, 0) is 29.8 Å². The number of hydrogen-bond donors (Lipinski definition) is 0. The van der Waals surface area contributed by atoms with Crippen LogP contribution < -0.4 is 9.64 Å². The fourth-order valence-electron chi connectivity index (χ4n) is 4.20. The van der Waals surface area contributed by atoms with Crippen molar-refractivity contribution in [1.82, 2.24) is 9.80 Å². The minimum atomic E-state index is -0.265. The number of hydrogen-bond acceptors (Lipinski definition) is 4. The van der Waals surface area contributed by atoms with Crippen LogP contribution in [0.25, 0.3) is 6.08 Å². The molecule has 4 rings (SSSR count). The minimum absolute atomic E-state index is 0.00759. The van der Waals surface area contributed by atoms with Crippen LogP contribution in [0.1, 0.15) is 12.0 Å². The maximum atomic E-state index is 13.0. The average Bonchev–Trinajstić information content (AvgIpc) is 3.21. The summed E-state index contributed by atoms with van der Waals surface area (Å²) < 4.78 is 5.18. The highest BCUT2D eigenvalue weighted by atomic mass is 16.5. The molecule has 2 aromatic carbocycles. The molecule has 6 nitrogen and oxygen atoms in total. The van der Waals surface area contributed by atoms with Crippen LogP contribution in [-0.2, 0) is 9.59 Å². The molecule has 2 amide bonds. The zero-order valence-electron chi connectivity index (χ0n) is 17.9. The summed E-state index contributed by atoms with van der Waals surface area (Å²) in [5.74, 6) is 0.593. The quantitative estimate of drug-likeness (QED) is 0.723. The van der Waals surface area contributed by atoms with Crippen molar-refractivity contribution < 1.29 is 14.3 Å². The average molecular weight is 420 g/mol. The van der Waals surface area contributed by atoms with E-state index in [0.29, 0.717) is 19.6 Å². The molecule has 2 aromatic rings. The van der Waals surface area contributed by atoms with Crippen LogP contribution in [-0.4, -0.2) is 68.0 Å². The van der Waals surface area contributed by atoms with E-state index in [9.17, 15) is 9.59 Å². The fraction of sp³-hybridized carbons (Fsp3) is 0.360. The van der Waals surface area contributed by atoms with Crippen LogP contribution >= 0.6 is 0 Å². The van der Waals surface area contributed by atoms with Gasteiger partial charge in [-0.1, -0.05) is 42.5 Å². The van der Waals surface area contributed by atoms with Gasteiger partial charge < -0.3 is 14.5 Å². The fourth-order valence-corrected chi connectivity index (χ4v) is 4.20. The summed E-state index contributed by atoms with van der Waals surface area (Å²) in [5.41, 5.74) is 2.01. The molecule has 162 valence electrons. The molecule has 2 heterocycles. The molecule has 0 aromatic heterocycles. The van der Waals surface area contributed by atoms with Crippen molar-refractivity contribution >= 4 is 23.6 Å². The van der Waals surface area contributed by atoms with E-state index in [2.05, 4.69) is 29.2 Å². The van der Waals surface area contributed by atoms with Crippen LogP contribution in [0.2, 0.25) is 0 Å². The third kappa shape index (κ3) is 5.14. The summed E-state index contributed by atoms with van der Waals surface area (Å²) in [6.07, 6.45) is 4.59. The minimum Gasteiger partial charge on any atom is -0.497 e. The highest BCUT2D eigenvalue weighted by Crippen LogP contribution is 2.28. The number of anilines is 1. The molecule has 1 atom stereocenters. The van der Waals surface area contributed by atoms with Crippen molar-refractivity contribution in [2.75, 3.05) is 51.3 Å². The lowest BCUT2D eigenvalue weighted by atomic mass is 10.1. The second-order valence-corrected chi connectivity index (χ2v) is 8.04. The van der Waals surface area contributed by atoms with Crippen LogP contribution in [0.4, 0.5) is 5.69 Å². The Labute approximate surface area is 183 Å². The first kappa shape index (κ1) is 21.1. The highest BCUT2D eigenvalue weighted by Gasteiger charge is 2.37. The smallest absolute Gasteiger partial charge is 0.228 e. The molecule has 0 saturated carbocycles. The van der Waals surface area contributed by atoms with Crippen LogP contribution in [0.3, 0.4) is 0 Å². The lowest BCUT2D eigenvalue weighted by Gasteiger charge is -2.35. The molecular weight excluding hydrogens is 390 g/mol. The Hall–Kier alpha value is -3.12. The first-order chi connectivity index (χ1) is 15.1. The second kappa shape index (κ2) is 9.79. The number of carbonyl (C=O) groups is 2. The molecule has 1 unspecified atom stereocenters. The lowest BCUT2D eigenvalue weighted by molar-refractivity contribution is -0.137. The maximum Gasteiger partial charge on any atom is 0.228 e. The van der Waals surface area contributed by atoms with E-state index >= 15 is 0 Å². The van der Waals surface area contributed by atoms with E-state index in [1.54, 1.807) is 12.0 Å². The lowest BCUT2D eigenvalue weighted by Crippen LogP contribution is -2.50. The van der Waals surface area contributed by atoms with Crippen molar-refractivity contribution in [3.63, 3.8) is 0 Å². The molecule has 2 fully saturated rings. The summed E-state index contributed by atoms with van der Waals surface area (Å²) in [6, 6.07) is 17.7. The van der Waals surface area contributed by atoms with E-state index in [-0.39, 0.29) is 24.2 Å². The molecule has 0 bridgehead atoms. The Morgan fingerprint density at radius 2 is 1.74 bits per heavy atom. The Bertz CT molecular complexity index is 919.